The van der Waals surface area contributed by atoms with Crippen molar-refractivity contribution in [3.8, 4) is 0 Å². The zero-order chi connectivity index (χ0) is 10.7. The maximum absolute atomic E-state index is 11.4. The Morgan fingerprint density at radius 3 is 2.86 bits per heavy atom. The highest BCUT2D eigenvalue weighted by atomic mass is 16.4. The van der Waals surface area contributed by atoms with Gasteiger partial charge in [0.2, 0.25) is 5.91 Å². The summed E-state index contributed by atoms with van der Waals surface area (Å²) in [5.41, 5.74) is 5.57. The minimum absolute atomic E-state index is 0.188. The molecule has 0 aromatic carbocycles. The van der Waals surface area contributed by atoms with Gasteiger partial charge in [-0.2, -0.15) is 0 Å². The Balaban J connectivity index is 2.73. The Morgan fingerprint density at radius 2 is 2.50 bits per heavy atom. The molecule has 0 saturated carbocycles. The molecule has 0 aromatic rings. The van der Waals surface area contributed by atoms with Gasteiger partial charge in [-0.1, -0.05) is 6.08 Å². The molecule has 5 nitrogen and oxygen atoms in total. The minimum Gasteiger partial charge on any atom is -0.480 e. The Kier molecular flexibility index (Phi) is 3.24. The molecular weight excluding hydrogens is 184 g/mol. The molecule has 1 aliphatic rings. The molecule has 1 amide bonds. The van der Waals surface area contributed by atoms with E-state index < -0.39 is 12.0 Å². The molecule has 5 heteroatoms. The van der Waals surface area contributed by atoms with Gasteiger partial charge in [0.1, 0.15) is 6.04 Å². The first kappa shape index (κ1) is 10.7. The minimum atomic E-state index is -1.01. The average Bonchev–Trinajstić information content (AvgIpc) is 2.40. The number of nitrogens with two attached hydrogens (primary N) is 1. The van der Waals surface area contributed by atoms with E-state index in [1.807, 2.05) is 0 Å². The van der Waals surface area contributed by atoms with E-state index in [0.29, 0.717) is 6.54 Å². The zero-order valence-corrected chi connectivity index (χ0v) is 7.85. The number of nitrogens with zero attached hydrogens (tertiary/aromatic N) is 1. The van der Waals surface area contributed by atoms with Crippen LogP contribution in [-0.4, -0.2) is 40.5 Å². The van der Waals surface area contributed by atoms with E-state index in [0.717, 1.165) is 0 Å². The van der Waals surface area contributed by atoms with Crippen molar-refractivity contribution in [2.75, 3.05) is 6.54 Å². The fourth-order valence-corrected chi connectivity index (χ4v) is 1.58. The number of likely N-dealkylation sites (tertiary alicyclic amines) is 1. The fourth-order valence-electron chi connectivity index (χ4n) is 1.58. The van der Waals surface area contributed by atoms with Crippen molar-refractivity contribution >= 4 is 11.9 Å². The van der Waals surface area contributed by atoms with E-state index >= 15 is 0 Å². The lowest BCUT2D eigenvalue weighted by molar-refractivity contribution is -0.148. The number of hydrogen-bond donors (Lipinski definition) is 2. The molecular formula is C9H14N2O3. The van der Waals surface area contributed by atoms with Crippen molar-refractivity contribution in [1.29, 1.82) is 0 Å². The second-order valence-corrected chi connectivity index (χ2v) is 3.39. The molecule has 14 heavy (non-hydrogen) atoms. The maximum Gasteiger partial charge on any atom is 0.326 e. The van der Waals surface area contributed by atoms with Crippen LogP contribution in [0.2, 0.25) is 0 Å². The Morgan fingerprint density at radius 1 is 1.86 bits per heavy atom. The van der Waals surface area contributed by atoms with Gasteiger partial charge in [-0.25, -0.2) is 4.79 Å². The summed E-state index contributed by atoms with van der Waals surface area (Å²) in [5, 5.41) is 8.89. The predicted octanol–water partition coefficient (Wildman–Crippen LogP) is -0.425. The zero-order valence-electron chi connectivity index (χ0n) is 7.85. The second-order valence-electron chi connectivity index (χ2n) is 3.39. The highest BCUT2D eigenvalue weighted by molar-refractivity contribution is 5.85. The van der Waals surface area contributed by atoms with Crippen LogP contribution in [0.1, 0.15) is 12.8 Å². The molecule has 0 aliphatic carbocycles. The van der Waals surface area contributed by atoms with E-state index in [9.17, 15) is 9.59 Å². The van der Waals surface area contributed by atoms with Crippen LogP contribution in [0.25, 0.3) is 0 Å². The van der Waals surface area contributed by atoms with Crippen LogP contribution in [0.5, 0.6) is 0 Å². The Bertz CT molecular complexity index is 265. The summed E-state index contributed by atoms with van der Waals surface area (Å²) >= 11 is 0. The highest BCUT2D eigenvalue weighted by Crippen LogP contribution is 2.15. The van der Waals surface area contributed by atoms with Gasteiger partial charge in [0, 0.05) is 19.0 Å². The van der Waals surface area contributed by atoms with Crippen LogP contribution < -0.4 is 5.73 Å². The normalized spacial score (nSPS) is 23.6. The fraction of sp³-hybridized carbons (Fsp3) is 0.556. The summed E-state index contributed by atoms with van der Waals surface area (Å²) in [6.07, 6.45) is 1.99. The van der Waals surface area contributed by atoms with Crippen LogP contribution in [0.15, 0.2) is 12.7 Å². The summed E-state index contributed by atoms with van der Waals surface area (Å²) in [4.78, 5) is 23.5. The molecule has 1 aliphatic heterocycles. The average molecular weight is 198 g/mol. The van der Waals surface area contributed by atoms with E-state index in [1.165, 1.54) is 11.0 Å². The van der Waals surface area contributed by atoms with Gasteiger partial charge >= 0.3 is 5.97 Å². The summed E-state index contributed by atoms with van der Waals surface area (Å²) in [7, 11) is 0. The lowest BCUT2D eigenvalue weighted by atomic mass is 10.2. The number of hydrogen-bond acceptors (Lipinski definition) is 3. The van der Waals surface area contributed by atoms with Crippen LogP contribution >= 0.6 is 0 Å². The van der Waals surface area contributed by atoms with E-state index in [-0.39, 0.29) is 24.8 Å². The first-order chi connectivity index (χ1) is 6.56. The molecule has 0 spiro atoms. The number of carbonyl (C=O) groups is 2. The summed E-state index contributed by atoms with van der Waals surface area (Å²) in [6, 6.07) is -1.05. The highest BCUT2D eigenvalue weighted by Gasteiger charge is 2.35. The maximum atomic E-state index is 11.4. The first-order valence-electron chi connectivity index (χ1n) is 4.45. The van der Waals surface area contributed by atoms with Gasteiger partial charge in [0.05, 0.1) is 0 Å². The van der Waals surface area contributed by atoms with Crippen molar-refractivity contribution < 1.29 is 14.7 Å². The largest absolute Gasteiger partial charge is 0.480 e. The van der Waals surface area contributed by atoms with Crippen molar-refractivity contribution in [3.63, 3.8) is 0 Å². The van der Waals surface area contributed by atoms with E-state index in [2.05, 4.69) is 6.58 Å². The summed E-state index contributed by atoms with van der Waals surface area (Å²) < 4.78 is 0. The lowest BCUT2D eigenvalue weighted by Gasteiger charge is -2.23. The number of amides is 1. The van der Waals surface area contributed by atoms with Gasteiger partial charge in [0.15, 0.2) is 0 Å². The van der Waals surface area contributed by atoms with Crippen molar-refractivity contribution in [2.45, 2.75) is 24.9 Å². The van der Waals surface area contributed by atoms with Crippen LogP contribution in [0, 0.1) is 0 Å². The monoisotopic (exact) mass is 198 g/mol. The summed E-state index contributed by atoms with van der Waals surface area (Å²) in [5.74, 6) is -1.20. The number of rotatable bonds is 4. The van der Waals surface area contributed by atoms with Gasteiger partial charge in [-0.05, 0) is 6.42 Å². The first-order valence-corrected chi connectivity index (χ1v) is 4.45. The standard InChI is InChI=1S/C9H14N2O3/c1-2-3-7(9(13)14)11-5-6(10)4-8(11)12/h2,6-7H,1,3-5,10H2,(H,13,14). The molecule has 0 bridgehead atoms. The van der Waals surface area contributed by atoms with Crippen LogP contribution in [-0.2, 0) is 9.59 Å². The van der Waals surface area contributed by atoms with Crippen molar-refractivity contribution in [3.05, 3.63) is 12.7 Å². The molecule has 1 saturated heterocycles. The van der Waals surface area contributed by atoms with E-state index in [4.69, 9.17) is 10.8 Å². The van der Waals surface area contributed by atoms with Gasteiger partial charge in [-0.15, -0.1) is 6.58 Å². The van der Waals surface area contributed by atoms with Crippen molar-refractivity contribution in [1.82, 2.24) is 4.90 Å². The lowest BCUT2D eigenvalue weighted by Crippen LogP contribution is -2.42. The number of carboxylic acids is 1. The third kappa shape index (κ3) is 2.11. The van der Waals surface area contributed by atoms with Crippen LogP contribution in [0.3, 0.4) is 0 Å². The molecule has 3 N–H and O–H groups in total. The number of aliphatic carboxylic acids is 1. The molecule has 2 atom stereocenters. The van der Waals surface area contributed by atoms with E-state index in [1.54, 1.807) is 0 Å². The molecule has 0 radical (unpaired) electrons. The van der Waals surface area contributed by atoms with Gasteiger partial charge < -0.3 is 15.7 Å². The van der Waals surface area contributed by atoms with Crippen LogP contribution in [0.4, 0.5) is 0 Å². The molecule has 2 unspecified atom stereocenters. The Hall–Kier alpha value is -1.36. The summed E-state index contributed by atoms with van der Waals surface area (Å²) in [6.45, 7) is 3.79. The third-order valence-corrected chi connectivity index (χ3v) is 2.24. The van der Waals surface area contributed by atoms with Gasteiger partial charge in [0.25, 0.3) is 0 Å². The molecule has 1 rings (SSSR count). The van der Waals surface area contributed by atoms with Gasteiger partial charge in [-0.3, -0.25) is 4.79 Å². The smallest absolute Gasteiger partial charge is 0.326 e. The quantitative estimate of drug-likeness (QED) is 0.601. The molecule has 78 valence electrons. The number of carboxylic acid groups (broad SMARTS) is 1. The third-order valence-electron chi connectivity index (χ3n) is 2.24. The molecule has 1 fully saturated rings. The Labute approximate surface area is 82.2 Å². The number of carbonyl (C=O) groups excluding carboxylic acids is 1. The molecule has 1 heterocycles. The predicted molar refractivity (Wildman–Crippen MR) is 50.5 cm³/mol. The second kappa shape index (κ2) is 4.23. The molecule has 0 aromatic heterocycles. The SMILES string of the molecule is C=CCC(C(=O)O)N1CC(N)CC1=O. The topological polar surface area (TPSA) is 83.6 Å². The van der Waals surface area contributed by atoms with Crippen molar-refractivity contribution in [2.24, 2.45) is 5.73 Å².